The van der Waals surface area contributed by atoms with Crippen molar-refractivity contribution in [3.63, 3.8) is 0 Å². The maximum atomic E-state index is 12.2. The first-order chi connectivity index (χ1) is 25.7. The molecule has 0 saturated carbocycles. The SMILES string of the molecule is CC.COC(C)(C)C.Cc1c(Nc2cc(Cl)cc3c2ccn3CCC2CCN(C=O)CC2)cnn(C)c1=O.Cc1c(Nc2ccccc2)cnn(C)c1=O. The molecule has 1 amide bonds. The lowest BCUT2D eigenvalue weighted by atomic mass is 9.94. The minimum absolute atomic E-state index is 0.0417. The van der Waals surface area contributed by atoms with E-state index in [-0.39, 0.29) is 16.7 Å². The first-order valence-electron chi connectivity index (χ1n) is 18.4. The Hall–Kier alpha value is -4.94. The molecular weight excluding hydrogens is 704 g/mol. The summed E-state index contributed by atoms with van der Waals surface area (Å²) >= 11 is 6.42. The molecular formula is C41H57ClN8O4. The predicted octanol–water partition coefficient (Wildman–Crippen LogP) is 7.99. The van der Waals surface area contributed by atoms with Gasteiger partial charge in [0.2, 0.25) is 6.41 Å². The van der Waals surface area contributed by atoms with Crippen LogP contribution in [-0.4, -0.2) is 61.2 Å². The highest BCUT2D eigenvalue weighted by Crippen LogP contribution is 2.32. The Kier molecular flexibility index (Phi) is 16.5. The van der Waals surface area contributed by atoms with Crippen LogP contribution in [0.4, 0.5) is 22.7 Å². The third kappa shape index (κ3) is 12.3. The molecule has 0 atom stereocenters. The van der Waals surface area contributed by atoms with Crippen LogP contribution in [0, 0.1) is 19.8 Å². The number of fused-ring (bicyclic) bond motifs is 1. The Morgan fingerprint density at radius 2 is 1.41 bits per heavy atom. The minimum Gasteiger partial charge on any atom is -0.379 e. The van der Waals surface area contributed by atoms with Crippen molar-refractivity contribution >= 4 is 51.7 Å². The summed E-state index contributed by atoms with van der Waals surface area (Å²) in [6, 6.07) is 15.6. The summed E-state index contributed by atoms with van der Waals surface area (Å²) in [5.74, 6) is 0.629. The summed E-state index contributed by atoms with van der Waals surface area (Å²) in [5.41, 5.74) is 5.39. The molecule has 0 unspecified atom stereocenters. The highest BCUT2D eigenvalue weighted by molar-refractivity contribution is 6.32. The number of anilines is 4. The number of rotatable bonds is 8. The molecule has 0 aliphatic carbocycles. The van der Waals surface area contributed by atoms with Crippen molar-refractivity contribution in [1.29, 1.82) is 0 Å². The molecule has 5 aromatic rings. The molecule has 0 radical (unpaired) electrons. The highest BCUT2D eigenvalue weighted by atomic mass is 35.5. The smallest absolute Gasteiger partial charge is 0.271 e. The fourth-order valence-corrected chi connectivity index (χ4v) is 5.82. The number of aromatic nitrogens is 5. The summed E-state index contributed by atoms with van der Waals surface area (Å²) in [6.07, 6.45) is 9.54. The summed E-state index contributed by atoms with van der Waals surface area (Å²) in [7, 11) is 4.99. The number of hydrogen-bond acceptors (Lipinski definition) is 8. The van der Waals surface area contributed by atoms with E-state index in [1.54, 1.807) is 47.4 Å². The second kappa shape index (κ2) is 20.5. The largest absolute Gasteiger partial charge is 0.379 e. The van der Waals surface area contributed by atoms with E-state index in [4.69, 9.17) is 16.3 Å². The zero-order valence-electron chi connectivity index (χ0n) is 33.4. The van der Waals surface area contributed by atoms with E-state index in [0.29, 0.717) is 27.8 Å². The average Bonchev–Trinajstić information content (AvgIpc) is 3.58. The van der Waals surface area contributed by atoms with Crippen LogP contribution < -0.4 is 21.8 Å². The number of ether oxygens (including phenoxy) is 1. The van der Waals surface area contributed by atoms with Gasteiger partial charge in [-0.05, 0) is 90.1 Å². The lowest BCUT2D eigenvalue weighted by Crippen LogP contribution is -2.32. The monoisotopic (exact) mass is 760 g/mol. The lowest BCUT2D eigenvalue weighted by Gasteiger charge is -2.29. The first-order valence-corrected chi connectivity index (χ1v) is 18.8. The van der Waals surface area contributed by atoms with Crippen LogP contribution >= 0.6 is 11.6 Å². The summed E-state index contributed by atoms with van der Waals surface area (Å²) < 4.78 is 9.82. The summed E-state index contributed by atoms with van der Waals surface area (Å²) in [4.78, 5) is 36.6. The van der Waals surface area contributed by atoms with Gasteiger partial charge in [0.05, 0.1) is 34.9 Å². The molecule has 1 saturated heterocycles. The molecule has 3 aromatic heterocycles. The molecule has 0 spiro atoms. The average molecular weight is 761 g/mol. The second-order valence-corrected chi connectivity index (χ2v) is 14.4. The standard InChI is InChI=1S/C22H26ClN5O2.C12H13N3O.C5H12O.C2H6/c1-15-20(13-24-26(2)22(15)30)25-19-11-17(23)12-21-18(19)6-10-28(21)9-5-16-3-7-27(14-29)8-4-16;1-9-11(8-13-15(2)12(9)16)14-10-6-4-3-5-7-10;1-5(2,3)6-4;1-2/h6,10-14,16,25H,3-5,7-9H2,1-2H3;3-8,14H,1-2H3;1-4H3;1-2H3. The van der Waals surface area contributed by atoms with Gasteiger partial charge in [0, 0.05) is 79.9 Å². The fraction of sp³-hybridized carbons (Fsp3) is 0.439. The van der Waals surface area contributed by atoms with Crippen molar-refractivity contribution in [3.8, 4) is 0 Å². The summed E-state index contributed by atoms with van der Waals surface area (Å²) in [6.45, 7) is 16.2. The first kappa shape index (κ1) is 43.5. The highest BCUT2D eigenvalue weighted by Gasteiger charge is 2.18. The second-order valence-electron chi connectivity index (χ2n) is 13.9. The van der Waals surface area contributed by atoms with E-state index in [1.165, 1.54) is 9.36 Å². The van der Waals surface area contributed by atoms with Gasteiger partial charge in [-0.15, -0.1) is 0 Å². The van der Waals surface area contributed by atoms with E-state index in [2.05, 4.69) is 37.7 Å². The lowest BCUT2D eigenvalue weighted by molar-refractivity contribution is -0.119. The Bertz CT molecular complexity index is 2060. The number of hydrogen-bond donors (Lipinski definition) is 2. The molecule has 54 heavy (non-hydrogen) atoms. The molecule has 2 N–H and O–H groups in total. The van der Waals surface area contributed by atoms with Crippen LogP contribution in [0.1, 0.15) is 65.0 Å². The van der Waals surface area contributed by atoms with Crippen molar-refractivity contribution in [2.75, 3.05) is 30.8 Å². The van der Waals surface area contributed by atoms with E-state index in [0.717, 1.165) is 73.3 Å². The number of likely N-dealkylation sites (tertiary alicyclic amines) is 1. The molecule has 1 aliphatic rings. The van der Waals surface area contributed by atoms with E-state index in [9.17, 15) is 14.4 Å². The number of benzene rings is 2. The Morgan fingerprint density at radius 3 is 1.93 bits per heavy atom. The van der Waals surface area contributed by atoms with Gasteiger partial charge in [0.25, 0.3) is 11.1 Å². The third-order valence-corrected chi connectivity index (χ3v) is 9.34. The Labute approximate surface area is 324 Å². The van der Waals surface area contributed by atoms with Gasteiger partial charge in [-0.2, -0.15) is 10.2 Å². The van der Waals surface area contributed by atoms with Crippen LogP contribution in [0.5, 0.6) is 0 Å². The van der Waals surface area contributed by atoms with Gasteiger partial charge in [-0.3, -0.25) is 14.4 Å². The van der Waals surface area contributed by atoms with Gasteiger partial charge in [0.15, 0.2) is 0 Å². The van der Waals surface area contributed by atoms with Crippen LogP contribution in [0.3, 0.4) is 0 Å². The zero-order chi connectivity index (χ0) is 40.0. The van der Waals surface area contributed by atoms with Crippen molar-refractivity contribution in [3.05, 3.63) is 104 Å². The van der Waals surface area contributed by atoms with Crippen molar-refractivity contribution in [2.45, 2.75) is 79.9 Å². The van der Waals surface area contributed by atoms with Gasteiger partial charge in [0.1, 0.15) is 0 Å². The predicted molar refractivity (Wildman–Crippen MR) is 221 cm³/mol. The number of piperidine rings is 1. The topological polar surface area (TPSA) is 128 Å². The van der Waals surface area contributed by atoms with Crippen LogP contribution in [0.15, 0.2) is 76.7 Å². The molecule has 1 fully saturated rings. The number of carbonyl (C=O) groups excluding carboxylic acids is 1. The molecule has 0 bridgehead atoms. The number of carbonyl (C=O) groups is 1. The van der Waals surface area contributed by atoms with Crippen molar-refractivity contribution in [1.82, 2.24) is 29.0 Å². The number of halogens is 1. The van der Waals surface area contributed by atoms with E-state index in [1.807, 2.05) is 82.0 Å². The van der Waals surface area contributed by atoms with Gasteiger partial charge in [-0.25, -0.2) is 9.36 Å². The molecule has 6 rings (SSSR count). The Morgan fingerprint density at radius 1 is 0.870 bits per heavy atom. The number of para-hydroxylation sites is 1. The molecule has 2 aromatic carbocycles. The van der Waals surface area contributed by atoms with Crippen LogP contribution in [0.2, 0.25) is 5.02 Å². The normalized spacial score (nSPS) is 12.8. The summed E-state index contributed by atoms with van der Waals surface area (Å²) in [5, 5.41) is 16.3. The van der Waals surface area contributed by atoms with E-state index >= 15 is 0 Å². The Balaban J connectivity index is 0.000000272. The zero-order valence-corrected chi connectivity index (χ0v) is 34.2. The third-order valence-electron chi connectivity index (χ3n) is 9.12. The number of nitrogens with one attached hydrogen (secondary N) is 2. The number of aryl methyl sites for hydroxylation is 3. The van der Waals surface area contributed by atoms with Crippen LogP contribution in [0.25, 0.3) is 10.9 Å². The fourth-order valence-electron chi connectivity index (χ4n) is 5.61. The van der Waals surface area contributed by atoms with E-state index < -0.39 is 0 Å². The van der Waals surface area contributed by atoms with Gasteiger partial charge >= 0.3 is 0 Å². The molecule has 12 nitrogen and oxygen atoms in total. The van der Waals surface area contributed by atoms with Gasteiger partial charge in [-0.1, -0.05) is 43.6 Å². The minimum atomic E-state index is -0.128. The molecule has 292 valence electrons. The van der Waals surface area contributed by atoms with Gasteiger partial charge < -0.3 is 24.8 Å². The van der Waals surface area contributed by atoms with Crippen molar-refractivity contribution < 1.29 is 9.53 Å². The molecule has 1 aliphatic heterocycles. The quantitative estimate of drug-likeness (QED) is 0.152. The maximum absolute atomic E-state index is 12.2. The molecule has 4 heterocycles. The molecule has 13 heteroatoms. The van der Waals surface area contributed by atoms with Crippen molar-refractivity contribution in [2.24, 2.45) is 20.0 Å². The maximum Gasteiger partial charge on any atom is 0.271 e. The number of methoxy groups -OCH3 is 1. The van der Waals surface area contributed by atoms with Crippen LogP contribution in [-0.2, 0) is 30.2 Å². The number of amides is 1. The number of nitrogens with zero attached hydrogens (tertiary/aromatic N) is 6.